The van der Waals surface area contributed by atoms with Crippen LogP contribution in [0.25, 0.3) is 0 Å². The predicted molar refractivity (Wildman–Crippen MR) is 101 cm³/mol. The van der Waals surface area contributed by atoms with Crippen LogP contribution in [-0.2, 0) is 29.8 Å². The van der Waals surface area contributed by atoms with Gasteiger partial charge in [-0.15, -0.1) is 0 Å². The van der Waals surface area contributed by atoms with Crippen molar-refractivity contribution >= 4 is 27.2 Å². The van der Waals surface area contributed by atoms with E-state index in [1.165, 1.54) is 74.5 Å². The van der Waals surface area contributed by atoms with E-state index in [1.807, 2.05) is 0 Å². The average molecular weight is 401 g/mol. The average Bonchev–Trinajstić information content (AvgIpc) is 2.65. The van der Waals surface area contributed by atoms with Gasteiger partial charge in [-0.3, -0.25) is 9.59 Å². The van der Waals surface area contributed by atoms with E-state index >= 15 is 0 Å². The zero-order chi connectivity index (χ0) is 20.5. The molecule has 146 valence electrons. The third-order valence-electron chi connectivity index (χ3n) is 4.44. The largest absolute Gasteiger partial charge is 0.365 e. The highest BCUT2D eigenvalue weighted by atomic mass is 32.2. The van der Waals surface area contributed by atoms with E-state index in [4.69, 9.17) is 4.74 Å². The number of carbonyl (C=O) groups is 2. The molecular formula is C20H19NO6S. The highest BCUT2D eigenvalue weighted by Gasteiger charge is 2.39. The van der Waals surface area contributed by atoms with Crippen molar-refractivity contribution in [3.05, 3.63) is 66.2 Å². The van der Waals surface area contributed by atoms with Crippen molar-refractivity contribution in [1.29, 1.82) is 0 Å². The Morgan fingerprint density at radius 1 is 1.07 bits per heavy atom. The molecule has 8 heteroatoms. The smallest absolute Gasteiger partial charge is 0.221 e. The number of hydrogen-bond donors (Lipinski definition) is 2. The Bertz CT molecular complexity index is 1040. The molecular weight excluding hydrogens is 382 g/mol. The molecule has 1 aliphatic rings. The summed E-state index contributed by atoms with van der Waals surface area (Å²) >= 11 is 0. The molecule has 0 fully saturated rings. The Morgan fingerprint density at radius 2 is 1.61 bits per heavy atom. The van der Waals surface area contributed by atoms with Crippen LogP contribution in [0.15, 0.2) is 70.5 Å². The van der Waals surface area contributed by atoms with E-state index in [-0.39, 0.29) is 21.5 Å². The lowest BCUT2D eigenvalue weighted by molar-refractivity contribution is -0.177. The van der Waals surface area contributed by atoms with Crippen molar-refractivity contribution in [1.82, 2.24) is 0 Å². The van der Waals surface area contributed by atoms with E-state index in [1.54, 1.807) is 0 Å². The van der Waals surface area contributed by atoms with Crippen LogP contribution in [0.2, 0.25) is 0 Å². The number of benzene rings is 2. The summed E-state index contributed by atoms with van der Waals surface area (Å²) in [5.74, 6) is -0.596. The fourth-order valence-electron chi connectivity index (χ4n) is 2.89. The summed E-state index contributed by atoms with van der Waals surface area (Å²) in [6.07, 6.45) is 1.27. The predicted octanol–water partition coefficient (Wildman–Crippen LogP) is 2.17. The van der Waals surface area contributed by atoms with Crippen LogP contribution in [0.4, 0.5) is 5.69 Å². The molecule has 0 saturated carbocycles. The summed E-state index contributed by atoms with van der Waals surface area (Å²) in [7, 11) is -3.78. The summed E-state index contributed by atoms with van der Waals surface area (Å²) < 4.78 is 31.0. The molecule has 0 aromatic heterocycles. The Labute approximate surface area is 162 Å². The first-order valence-electron chi connectivity index (χ1n) is 8.45. The van der Waals surface area contributed by atoms with E-state index in [0.717, 1.165) is 0 Å². The molecule has 7 nitrogen and oxygen atoms in total. The van der Waals surface area contributed by atoms with E-state index < -0.39 is 21.7 Å². The molecule has 0 radical (unpaired) electrons. The Hall–Kier alpha value is -2.81. The number of sulfone groups is 1. The summed E-state index contributed by atoms with van der Waals surface area (Å²) in [4.78, 5) is 23.4. The van der Waals surface area contributed by atoms with Crippen LogP contribution in [-0.4, -0.2) is 31.5 Å². The number of nitrogens with one attached hydrogen (secondary N) is 1. The third-order valence-corrected chi connectivity index (χ3v) is 6.22. The highest BCUT2D eigenvalue weighted by molar-refractivity contribution is 7.91. The minimum Gasteiger partial charge on any atom is -0.365 e. The number of aliphatic hydroxyl groups is 1. The van der Waals surface area contributed by atoms with Crippen LogP contribution < -0.4 is 5.32 Å². The van der Waals surface area contributed by atoms with Gasteiger partial charge in [0.25, 0.3) is 0 Å². The lowest BCUT2D eigenvalue weighted by Gasteiger charge is -2.32. The minimum absolute atomic E-state index is 0.0477. The topological polar surface area (TPSA) is 110 Å². The number of carbonyl (C=O) groups excluding carboxylic acids is 2. The van der Waals surface area contributed by atoms with Crippen molar-refractivity contribution in [2.45, 2.75) is 35.5 Å². The molecule has 2 aromatic carbocycles. The van der Waals surface area contributed by atoms with Crippen LogP contribution >= 0.6 is 0 Å². The third kappa shape index (κ3) is 3.75. The van der Waals surface area contributed by atoms with E-state index in [0.29, 0.717) is 11.3 Å². The first kappa shape index (κ1) is 19.9. The maximum Gasteiger partial charge on any atom is 0.221 e. The normalized spacial score (nSPS) is 22.1. The van der Waals surface area contributed by atoms with Crippen molar-refractivity contribution in [2.75, 3.05) is 5.32 Å². The maximum atomic E-state index is 12.8. The van der Waals surface area contributed by atoms with Gasteiger partial charge in [-0.05, 0) is 61.0 Å². The molecule has 28 heavy (non-hydrogen) atoms. The number of rotatable bonds is 4. The van der Waals surface area contributed by atoms with Gasteiger partial charge in [0.1, 0.15) is 0 Å². The van der Waals surface area contributed by atoms with Crippen molar-refractivity contribution in [2.24, 2.45) is 0 Å². The molecule has 2 atom stereocenters. The molecule has 2 unspecified atom stereocenters. The summed E-state index contributed by atoms with van der Waals surface area (Å²) in [6.45, 7) is 2.88. The van der Waals surface area contributed by atoms with E-state index in [9.17, 15) is 23.1 Å². The van der Waals surface area contributed by atoms with E-state index in [2.05, 4.69) is 5.32 Å². The zero-order valence-electron chi connectivity index (χ0n) is 15.2. The SMILES string of the molecule is CC(=O)Nc1ccc(S(=O)(=O)c2ccc(C3(C)OC(O)C=CC3=O)cc2)cc1. The monoisotopic (exact) mass is 401 g/mol. The molecule has 1 aliphatic heterocycles. The van der Waals surface area contributed by atoms with Crippen LogP contribution in [0.5, 0.6) is 0 Å². The number of aliphatic hydroxyl groups excluding tert-OH is 1. The van der Waals surface area contributed by atoms with Gasteiger partial charge < -0.3 is 15.2 Å². The van der Waals surface area contributed by atoms with Gasteiger partial charge in [0, 0.05) is 12.6 Å². The first-order chi connectivity index (χ1) is 13.1. The molecule has 2 aromatic rings. The Morgan fingerprint density at radius 3 is 2.14 bits per heavy atom. The second-order valence-corrected chi connectivity index (χ2v) is 8.45. The summed E-state index contributed by atoms with van der Waals surface area (Å²) in [5, 5.41) is 12.2. The van der Waals surface area contributed by atoms with Gasteiger partial charge in [0.2, 0.25) is 15.7 Å². The van der Waals surface area contributed by atoms with Gasteiger partial charge in [0.05, 0.1) is 9.79 Å². The van der Waals surface area contributed by atoms with Crippen molar-refractivity contribution in [3.63, 3.8) is 0 Å². The second-order valence-electron chi connectivity index (χ2n) is 6.50. The molecule has 1 heterocycles. The van der Waals surface area contributed by atoms with Gasteiger partial charge in [-0.25, -0.2) is 8.42 Å². The lowest BCUT2D eigenvalue weighted by atomic mass is 9.89. The standard InChI is InChI=1S/C20H19NO6S/c1-13(22)21-15-5-9-17(10-6-15)28(25,26)16-7-3-14(4-8-16)20(2)18(23)11-12-19(24)27-20/h3-12,19,24H,1-2H3,(H,21,22). The number of hydrogen-bond acceptors (Lipinski definition) is 6. The molecule has 0 aliphatic carbocycles. The lowest BCUT2D eigenvalue weighted by Crippen LogP contribution is -2.40. The zero-order valence-corrected chi connectivity index (χ0v) is 16.1. The summed E-state index contributed by atoms with van der Waals surface area (Å²) in [5.41, 5.74) is -0.466. The van der Waals surface area contributed by atoms with Crippen molar-refractivity contribution in [3.8, 4) is 0 Å². The number of anilines is 1. The van der Waals surface area contributed by atoms with Crippen LogP contribution in [0, 0.1) is 0 Å². The van der Waals surface area contributed by atoms with Crippen LogP contribution in [0.3, 0.4) is 0 Å². The maximum absolute atomic E-state index is 12.8. The first-order valence-corrected chi connectivity index (χ1v) is 9.93. The fourth-order valence-corrected chi connectivity index (χ4v) is 4.15. The number of ketones is 1. The number of amides is 1. The summed E-state index contributed by atoms with van der Waals surface area (Å²) in [6, 6.07) is 11.6. The molecule has 1 amide bonds. The van der Waals surface area contributed by atoms with Gasteiger partial charge in [-0.1, -0.05) is 12.1 Å². The second kappa shape index (κ2) is 7.31. The molecule has 0 bridgehead atoms. The van der Waals surface area contributed by atoms with Gasteiger partial charge in [0.15, 0.2) is 17.7 Å². The highest BCUT2D eigenvalue weighted by Crippen LogP contribution is 2.32. The molecule has 2 N–H and O–H groups in total. The van der Waals surface area contributed by atoms with Gasteiger partial charge >= 0.3 is 0 Å². The molecule has 0 spiro atoms. The minimum atomic E-state index is -3.78. The Balaban J connectivity index is 1.89. The quantitative estimate of drug-likeness (QED) is 0.813. The van der Waals surface area contributed by atoms with Crippen LogP contribution in [0.1, 0.15) is 19.4 Å². The molecule has 0 saturated heterocycles. The Kier molecular flexibility index (Phi) is 5.20. The fraction of sp³-hybridized carbons (Fsp3) is 0.200. The molecule has 3 rings (SSSR count). The van der Waals surface area contributed by atoms with Gasteiger partial charge in [-0.2, -0.15) is 0 Å². The van der Waals surface area contributed by atoms with Crippen molar-refractivity contribution < 1.29 is 27.9 Å². The number of ether oxygens (including phenoxy) is 1.